The number of hydrogen-bond donors (Lipinski definition) is 1. The van der Waals surface area contributed by atoms with E-state index >= 15 is 0 Å². The van der Waals surface area contributed by atoms with E-state index in [0.29, 0.717) is 12.4 Å². The lowest BCUT2D eigenvalue weighted by molar-refractivity contribution is -0.0853. The van der Waals surface area contributed by atoms with Crippen molar-refractivity contribution in [3.05, 3.63) is 56.4 Å². The molecule has 0 saturated carbocycles. The number of hydrogen-bond acceptors (Lipinski definition) is 6. The maximum absolute atomic E-state index is 12.1. The van der Waals surface area contributed by atoms with Crippen molar-refractivity contribution in [2.45, 2.75) is 31.7 Å². The van der Waals surface area contributed by atoms with Gasteiger partial charge in [-0.05, 0) is 24.1 Å². The predicted octanol–water partition coefficient (Wildman–Crippen LogP) is 0.115. The number of nitrogens with zero attached hydrogens (tertiary/aromatic N) is 3. The van der Waals surface area contributed by atoms with Crippen LogP contribution in [0, 0.1) is 0 Å². The van der Waals surface area contributed by atoms with Gasteiger partial charge in [-0.25, -0.2) is 5.10 Å². The van der Waals surface area contributed by atoms with Crippen molar-refractivity contribution in [2.75, 3.05) is 20.2 Å². The molecule has 1 saturated heterocycles. The van der Waals surface area contributed by atoms with Crippen molar-refractivity contribution < 1.29 is 9.47 Å². The minimum atomic E-state index is -0.686. The molecular formula is C17H20N4O4. The average molecular weight is 344 g/mol. The highest BCUT2D eigenvalue weighted by Crippen LogP contribution is 2.31. The zero-order valence-electron chi connectivity index (χ0n) is 14.0. The summed E-state index contributed by atoms with van der Waals surface area (Å²) in [5.74, 6) is 1.31. The standard InChI is InChI=1S/C17H20N4O4/c1-24-13-4-2-12(3-5-13)8-20-7-6-17(10-20)11-21-14(9-25-17)18-19-15(22)16(21)23/h2-5H,6-11H2,1H3,(H,19,22)/t17-/m1/s1. The van der Waals surface area contributed by atoms with Crippen LogP contribution >= 0.6 is 0 Å². The lowest BCUT2D eigenvalue weighted by Crippen LogP contribution is -2.51. The second-order valence-electron chi connectivity index (χ2n) is 6.64. The Kier molecular flexibility index (Phi) is 3.93. The highest BCUT2D eigenvalue weighted by atomic mass is 16.5. The fraction of sp³-hybridized carbons (Fsp3) is 0.471. The van der Waals surface area contributed by atoms with Crippen LogP contribution in [0.1, 0.15) is 17.8 Å². The van der Waals surface area contributed by atoms with Crippen molar-refractivity contribution >= 4 is 0 Å². The molecule has 8 nitrogen and oxygen atoms in total. The number of H-pyrrole nitrogens is 1. The van der Waals surface area contributed by atoms with Crippen LogP contribution in [-0.2, 0) is 24.4 Å². The summed E-state index contributed by atoms with van der Waals surface area (Å²) in [4.78, 5) is 25.9. The van der Waals surface area contributed by atoms with E-state index in [1.54, 1.807) is 7.11 Å². The fourth-order valence-corrected chi connectivity index (χ4v) is 3.59. The Morgan fingerprint density at radius 2 is 2.08 bits per heavy atom. The first-order valence-corrected chi connectivity index (χ1v) is 8.26. The first kappa shape index (κ1) is 16.0. The highest BCUT2D eigenvalue weighted by Gasteiger charge is 2.43. The number of nitrogens with one attached hydrogen (secondary N) is 1. The van der Waals surface area contributed by atoms with Crippen LogP contribution in [0.15, 0.2) is 33.9 Å². The molecule has 1 atom stereocenters. The van der Waals surface area contributed by atoms with E-state index in [1.165, 1.54) is 10.1 Å². The molecule has 1 spiro atoms. The second-order valence-corrected chi connectivity index (χ2v) is 6.64. The summed E-state index contributed by atoms with van der Waals surface area (Å²) in [5, 5.41) is 6.13. The second kappa shape index (κ2) is 6.12. The van der Waals surface area contributed by atoms with Crippen molar-refractivity contribution in [3.63, 3.8) is 0 Å². The molecular weight excluding hydrogens is 324 g/mol. The third-order valence-corrected chi connectivity index (χ3v) is 4.95. The maximum atomic E-state index is 12.1. The number of aromatic nitrogens is 3. The highest BCUT2D eigenvalue weighted by molar-refractivity contribution is 5.27. The normalized spacial score (nSPS) is 22.9. The minimum absolute atomic E-state index is 0.238. The topological polar surface area (TPSA) is 89.5 Å². The molecule has 2 aromatic rings. The Hall–Kier alpha value is -2.45. The lowest BCUT2D eigenvalue weighted by atomic mass is 10.0. The third-order valence-electron chi connectivity index (χ3n) is 4.95. The van der Waals surface area contributed by atoms with Crippen molar-refractivity contribution in [3.8, 4) is 5.75 Å². The van der Waals surface area contributed by atoms with Crippen LogP contribution in [0.25, 0.3) is 0 Å². The van der Waals surface area contributed by atoms with E-state index in [9.17, 15) is 9.59 Å². The van der Waals surface area contributed by atoms with Gasteiger partial charge >= 0.3 is 11.1 Å². The summed E-state index contributed by atoms with van der Waals surface area (Å²) in [6.07, 6.45) is 0.821. The summed E-state index contributed by atoms with van der Waals surface area (Å²) in [7, 11) is 1.65. The van der Waals surface area contributed by atoms with E-state index in [0.717, 1.165) is 31.8 Å². The van der Waals surface area contributed by atoms with Gasteiger partial charge < -0.3 is 9.47 Å². The molecule has 1 aromatic carbocycles. The molecule has 132 valence electrons. The summed E-state index contributed by atoms with van der Waals surface area (Å²) in [6.45, 7) is 3.02. The average Bonchev–Trinajstić information content (AvgIpc) is 3.01. The maximum Gasteiger partial charge on any atom is 0.330 e. The summed E-state index contributed by atoms with van der Waals surface area (Å²) in [5.41, 5.74) is -0.474. The molecule has 2 aliphatic rings. The van der Waals surface area contributed by atoms with Crippen LogP contribution in [0.2, 0.25) is 0 Å². The zero-order valence-corrected chi connectivity index (χ0v) is 14.0. The predicted molar refractivity (Wildman–Crippen MR) is 89.5 cm³/mol. The molecule has 0 unspecified atom stereocenters. The quantitative estimate of drug-likeness (QED) is 0.796. The van der Waals surface area contributed by atoms with Gasteiger partial charge in [-0.3, -0.25) is 19.1 Å². The van der Waals surface area contributed by atoms with E-state index in [-0.39, 0.29) is 6.61 Å². The smallest absolute Gasteiger partial charge is 0.330 e. The van der Waals surface area contributed by atoms with Crippen LogP contribution < -0.4 is 15.9 Å². The van der Waals surface area contributed by atoms with Gasteiger partial charge in [0.15, 0.2) is 5.82 Å². The molecule has 0 radical (unpaired) electrons. The monoisotopic (exact) mass is 344 g/mol. The van der Waals surface area contributed by atoms with Gasteiger partial charge in [-0.2, -0.15) is 5.10 Å². The number of ether oxygens (including phenoxy) is 2. The largest absolute Gasteiger partial charge is 0.497 e. The summed E-state index contributed by atoms with van der Waals surface area (Å²) >= 11 is 0. The molecule has 3 heterocycles. The van der Waals surface area contributed by atoms with E-state index in [2.05, 4.69) is 27.2 Å². The lowest BCUT2D eigenvalue weighted by Gasteiger charge is -2.34. The van der Waals surface area contributed by atoms with Gasteiger partial charge in [0.2, 0.25) is 0 Å². The van der Waals surface area contributed by atoms with Gasteiger partial charge in [0.1, 0.15) is 18.0 Å². The number of rotatable bonds is 3. The molecule has 8 heteroatoms. The molecule has 4 rings (SSSR count). The number of likely N-dealkylation sites (tertiary alicyclic amines) is 1. The van der Waals surface area contributed by atoms with Crippen molar-refractivity contribution in [1.82, 2.24) is 19.7 Å². The van der Waals surface area contributed by atoms with Crippen LogP contribution in [0.5, 0.6) is 5.75 Å². The van der Waals surface area contributed by atoms with Gasteiger partial charge in [-0.15, -0.1) is 0 Å². The molecule has 0 aliphatic carbocycles. The summed E-state index contributed by atoms with van der Waals surface area (Å²) < 4.78 is 12.7. The van der Waals surface area contributed by atoms with E-state index in [4.69, 9.17) is 9.47 Å². The van der Waals surface area contributed by atoms with Gasteiger partial charge in [0.25, 0.3) is 0 Å². The molecule has 2 aliphatic heterocycles. The molecule has 1 aromatic heterocycles. The Labute approximate surface area is 144 Å². The number of aromatic amines is 1. The zero-order chi connectivity index (χ0) is 17.4. The van der Waals surface area contributed by atoms with Crippen LogP contribution in [-0.4, -0.2) is 45.5 Å². The molecule has 0 amide bonds. The van der Waals surface area contributed by atoms with E-state index in [1.807, 2.05) is 12.1 Å². The Morgan fingerprint density at radius 3 is 2.84 bits per heavy atom. The van der Waals surface area contributed by atoms with Crippen molar-refractivity contribution in [2.24, 2.45) is 0 Å². The molecule has 1 fully saturated rings. The van der Waals surface area contributed by atoms with Gasteiger partial charge in [-0.1, -0.05) is 12.1 Å². The first-order valence-electron chi connectivity index (χ1n) is 8.26. The van der Waals surface area contributed by atoms with E-state index < -0.39 is 16.7 Å². The van der Waals surface area contributed by atoms with Crippen LogP contribution in [0.3, 0.4) is 0 Å². The Balaban J connectivity index is 1.49. The first-order chi connectivity index (χ1) is 12.1. The van der Waals surface area contributed by atoms with Crippen molar-refractivity contribution in [1.29, 1.82) is 0 Å². The molecule has 1 N–H and O–H groups in total. The number of methoxy groups -OCH3 is 1. The van der Waals surface area contributed by atoms with Gasteiger partial charge in [0.05, 0.1) is 13.7 Å². The Bertz CT molecular complexity index is 889. The number of benzene rings is 1. The fourth-order valence-electron chi connectivity index (χ4n) is 3.59. The molecule has 0 bridgehead atoms. The third kappa shape index (κ3) is 2.98. The Morgan fingerprint density at radius 1 is 1.28 bits per heavy atom. The SMILES string of the molecule is COc1ccc(CN2CC[C@@]3(C2)Cn2c(n[nH]c(=O)c2=O)CO3)cc1. The van der Waals surface area contributed by atoms with Gasteiger partial charge in [0, 0.05) is 19.6 Å². The van der Waals surface area contributed by atoms with Crippen LogP contribution in [0.4, 0.5) is 0 Å². The number of fused-ring (bicyclic) bond motifs is 1. The summed E-state index contributed by atoms with van der Waals surface area (Å²) in [6, 6.07) is 8.00. The minimum Gasteiger partial charge on any atom is -0.497 e. The molecule has 25 heavy (non-hydrogen) atoms.